The Hall–Kier alpha value is -1.55. The number of benzene rings is 1. The first-order chi connectivity index (χ1) is 8.45. The van der Waals surface area contributed by atoms with E-state index in [1.807, 2.05) is 45.0 Å². The molecule has 0 aliphatic carbocycles. The zero-order valence-corrected chi connectivity index (χ0v) is 11.5. The SMILES string of the molecule is CC(C)(C)c1noc(CNc2cccc(Cl)c2)n1. The van der Waals surface area contributed by atoms with Crippen LogP contribution in [0, 0.1) is 0 Å². The molecule has 0 unspecified atom stereocenters. The second-order valence-corrected chi connectivity index (χ2v) is 5.56. The van der Waals surface area contributed by atoms with E-state index in [0.717, 1.165) is 5.69 Å². The minimum Gasteiger partial charge on any atom is -0.376 e. The lowest BCUT2D eigenvalue weighted by Crippen LogP contribution is -2.13. The van der Waals surface area contributed by atoms with Crippen LogP contribution < -0.4 is 5.32 Å². The minimum absolute atomic E-state index is 0.0994. The summed E-state index contributed by atoms with van der Waals surface area (Å²) in [6.45, 7) is 6.63. The van der Waals surface area contributed by atoms with E-state index in [2.05, 4.69) is 15.5 Å². The Bertz CT molecular complexity index is 531. The molecule has 0 aliphatic heterocycles. The van der Waals surface area contributed by atoms with Crippen LogP contribution in [0.1, 0.15) is 32.5 Å². The molecule has 0 radical (unpaired) electrons. The number of aromatic nitrogens is 2. The fraction of sp³-hybridized carbons (Fsp3) is 0.385. The van der Waals surface area contributed by atoms with Gasteiger partial charge >= 0.3 is 0 Å². The first kappa shape index (κ1) is 12.9. The molecule has 1 N–H and O–H groups in total. The molecule has 1 aromatic carbocycles. The molecule has 0 saturated carbocycles. The Morgan fingerprint density at radius 1 is 1.33 bits per heavy atom. The Morgan fingerprint density at radius 3 is 2.72 bits per heavy atom. The summed E-state index contributed by atoms with van der Waals surface area (Å²) in [5.74, 6) is 1.28. The highest BCUT2D eigenvalue weighted by molar-refractivity contribution is 6.30. The standard InChI is InChI=1S/C13H16ClN3O/c1-13(2,3)12-16-11(18-17-12)8-15-10-6-4-5-9(14)7-10/h4-7,15H,8H2,1-3H3. The minimum atomic E-state index is -0.0994. The van der Waals surface area contributed by atoms with Crippen LogP contribution in [-0.4, -0.2) is 10.1 Å². The largest absolute Gasteiger partial charge is 0.376 e. The second kappa shape index (κ2) is 4.98. The Kier molecular flexibility index (Phi) is 3.57. The monoisotopic (exact) mass is 265 g/mol. The average molecular weight is 266 g/mol. The molecular weight excluding hydrogens is 250 g/mol. The van der Waals surface area contributed by atoms with Crippen LogP contribution in [0.2, 0.25) is 5.02 Å². The third kappa shape index (κ3) is 3.23. The highest BCUT2D eigenvalue weighted by atomic mass is 35.5. The van der Waals surface area contributed by atoms with Crippen LogP contribution in [-0.2, 0) is 12.0 Å². The quantitative estimate of drug-likeness (QED) is 0.921. The van der Waals surface area contributed by atoms with Crippen molar-refractivity contribution >= 4 is 17.3 Å². The topological polar surface area (TPSA) is 51.0 Å². The van der Waals surface area contributed by atoms with Gasteiger partial charge in [-0.05, 0) is 18.2 Å². The van der Waals surface area contributed by atoms with Gasteiger partial charge in [0.05, 0.1) is 6.54 Å². The fourth-order valence-corrected chi connectivity index (χ4v) is 1.60. The predicted molar refractivity (Wildman–Crippen MR) is 71.8 cm³/mol. The van der Waals surface area contributed by atoms with Gasteiger partial charge in [0.1, 0.15) is 0 Å². The molecule has 0 atom stereocenters. The Labute approximate surface area is 111 Å². The van der Waals surface area contributed by atoms with E-state index in [1.165, 1.54) is 0 Å². The summed E-state index contributed by atoms with van der Waals surface area (Å²) in [6.07, 6.45) is 0. The van der Waals surface area contributed by atoms with Gasteiger partial charge in [0, 0.05) is 16.1 Å². The first-order valence-corrected chi connectivity index (χ1v) is 6.15. The van der Waals surface area contributed by atoms with Gasteiger partial charge in [-0.25, -0.2) is 0 Å². The van der Waals surface area contributed by atoms with Crippen molar-refractivity contribution in [3.05, 3.63) is 41.0 Å². The molecule has 5 heteroatoms. The average Bonchev–Trinajstić information content (AvgIpc) is 2.74. The van der Waals surface area contributed by atoms with Crippen molar-refractivity contribution < 1.29 is 4.52 Å². The van der Waals surface area contributed by atoms with Gasteiger partial charge in [-0.15, -0.1) is 0 Å². The van der Waals surface area contributed by atoms with Crippen LogP contribution >= 0.6 is 11.6 Å². The maximum absolute atomic E-state index is 5.90. The molecule has 4 nitrogen and oxygen atoms in total. The van der Waals surface area contributed by atoms with Gasteiger partial charge in [-0.2, -0.15) is 4.98 Å². The molecular formula is C13H16ClN3O. The summed E-state index contributed by atoms with van der Waals surface area (Å²) in [4.78, 5) is 4.35. The van der Waals surface area contributed by atoms with Crippen molar-refractivity contribution in [2.45, 2.75) is 32.7 Å². The molecule has 96 valence electrons. The Balaban J connectivity index is 2.01. The van der Waals surface area contributed by atoms with Crippen molar-refractivity contribution in [2.75, 3.05) is 5.32 Å². The summed E-state index contributed by atoms with van der Waals surface area (Å²) in [7, 11) is 0. The smallest absolute Gasteiger partial charge is 0.245 e. The zero-order chi connectivity index (χ0) is 13.2. The number of nitrogens with zero attached hydrogens (tertiary/aromatic N) is 2. The maximum Gasteiger partial charge on any atom is 0.245 e. The maximum atomic E-state index is 5.90. The first-order valence-electron chi connectivity index (χ1n) is 5.77. The molecule has 0 fully saturated rings. The highest BCUT2D eigenvalue weighted by Crippen LogP contribution is 2.19. The van der Waals surface area contributed by atoms with Gasteiger partial charge in [0.25, 0.3) is 0 Å². The number of halogens is 1. The lowest BCUT2D eigenvalue weighted by atomic mass is 9.96. The second-order valence-electron chi connectivity index (χ2n) is 5.13. The number of rotatable bonds is 3. The van der Waals surface area contributed by atoms with Crippen LogP contribution in [0.5, 0.6) is 0 Å². The van der Waals surface area contributed by atoms with Crippen LogP contribution in [0.4, 0.5) is 5.69 Å². The molecule has 0 aliphatic rings. The van der Waals surface area contributed by atoms with E-state index in [-0.39, 0.29) is 5.41 Å². The van der Waals surface area contributed by atoms with Gasteiger partial charge in [0.2, 0.25) is 5.89 Å². The van der Waals surface area contributed by atoms with E-state index >= 15 is 0 Å². The molecule has 18 heavy (non-hydrogen) atoms. The molecule has 2 rings (SSSR count). The number of hydrogen-bond donors (Lipinski definition) is 1. The lowest BCUT2D eigenvalue weighted by Gasteiger charge is -2.10. The molecule has 1 aromatic heterocycles. The van der Waals surface area contributed by atoms with Crippen molar-refractivity contribution in [1.29, 1.82) is 0 Å². The van der Waals surface area contributed by atoms with Gasteiger partial charge in [-0.1, -0.05) is 43.6 Å². The zero-order valence-electron chi connectivity index (χ0n) is 10.7. The molecule has 0 amide bonds. The summed E-state index contributed by atoms with van der Waals surface area (Å²) >= 11 is 5.90. The molecule has 0 saturated heterocycles. The highest BCUT2D eigenvalue weighted by Gasteiger charge is 2.20. The van der Waals surface area contributed by atoms with Crippen molar-refractivity contribution in [3.8, 4) is 0 Å². The molecule has 1 heterocycles. The van der Waals surface area contributed by atoms with Gasteiger partial charge in [-0.3, -0.25) is 0 Å². The molecule has 0 bridgehead atoms. The van der Waals surface area contributed by atoms with E-state index in [9.17, 15) is 0 Å². The van der Waals surface area contributed by atoms with Crippen LogP contribution in [0.3, 0.4) is 0 Å². The van der Waals surface area contributed by atoms with E-state index in [4.69, 9.17) is 16.1 Å². The van der Waals surface area contributed by atoms with E-state index < -0.39 is 0 Å². The number of hydrogen-bond acceptors (Lipinski definition) is 4. The number of nitrogens with one attached hydrogen (secondary N) is 1. The number of anilines is 1. The van der Waals surface area contributed by atoms with Gasteiger partial charge in [0.15, 0.2) is 5.82 Å². The lowest BCUT2D eigenvalue weighted by molar-refractivity contribution is 0.367. The Morgan fingerprint density at radius 2 is 2.11 bits per heavy atom. The van der Waals surface area contributed by atoms with Crippen molar-refractivity contribution in [2.24, 2.45) is 0 Å². The summed E-state index contributed by atoms with van der Waals surface area (Å²) < 4.78 is 5.19. The van der Waals surface area contributed by atoms with E-state index in [0.29, 0.717) is 23.3 Å². The van der Waals surface area contributed by atoms with Gasteiger partial charge < -0.3 is 9.84 Å². The third-order valence-corrected chi connectivity index (χ3v) is 2.64. The molecule has 0 spiro atoms. The van der Waals surface area contributed by atoms with Crippen LogP contribution in [0.25, 0.3) is 0 Å². The normalized spacial score (nSPS) is 11.6. The predicted octanol–water partition coefficient (Wildman–Crippen LogP) is 3.63. The third-order valence-electron chi connectivity index (χ3n) is 2.41. The summed E-state index contributed by atoms with van der Waals surface area (Å²) in [5, 5.41) is 7.85. The summed E-state index contributed by atoms with van der Waals surface area (Å²) in [6, 6.07) is 7.51. The van der Waals surface area contributed by atoms with Crippen molar-refractivity contribution in [1.82, 2.24) is 10.1 Å². The molecule has 2 aromatic rings. The van der Waals surface area contributed by atoms with E-state index in [1.54, 1.807) is 0 Å². The van der Waals surface area contributed by atoms with Crippen LogP contribution in [0.15, 0.2) is 28.8 Å². The fourth-order valence-electron chi connectivity index (χ4n) is 1.41. The van der Waals surface area contributed by atoms with Crippen molar-refractivity contribution in [3.63, 3.8) is 0 Å². The summed E-state index contributed by atoms with van der Waals surface area (Å²) in [5.41, 5.74) is 0.829.